The molecule has 0 N–H and O–H groups in total. The summed E-state index contributed by atoms with van der Waals surface area (Å²) in [6, 6.07) is 0. The van der Waals surface area contributed by atoms with Gasteiger partial charge < -0.3 is 0 Å². The molecule has 0 nitrogen and oxygen atoms in total. The third kappa shape index (κ3) is 1.12. The van der Waals surface area contributed by atoms with Crippen LogP contribution in [0.4, 0.5) is 0 Å². The minimum absolute atomic E-state index is 0.776. The van der Waals surface area contributed by atoms with Gasteiger partial charge in [0.2, 0.25) is 0 Å². The standard InChI is InChI=1S/C17H28/c1-11-4-5-14-13(8-11)6-7-17(14)10-16(3)12(2)9-15(16)17/h11-15H,4-10H2,1-3H3. The first-order chi connectivity index (χ1) is 8.06. The van der Waals surface area contributed by atoms with E-state index in [2.05, 4.69) is 20.8 Å². The van der Waals surface area contributed by atoms with Crippen LogP contribution in [0.3, 0.4) is 0 Å². The van der Waals surface area contributed by atoms with Crippen molar-refractivity contribution < 1.29 is 0 Å². The summed E-state index contributed by atoms with van der Waals surface area (Å²) in [5.41, 5.74) is 1.63. The van der Waals surface area contributed by atoms with Crippen molar-refractivity contribution in [3.63, 3.8) is 0 Å². The minimum Gasteiger partial charge on any atom is -0.0625 e. The number of fused-ring (bicyclic) bond motifs is 4. The Bertz CT molecular complexity index is 346. The highest BCUT2D eigenvalue weighted by molar-refractivity contribution is 5.21. The van der Waals surface area contributed by atoms with Crippen LogP contribution in [0.2, 0.25) is 0 Å². The fraction of sp³-hybridized carbons (Fsp3) is 1.00. The maximum Gasteiger partial charge on any atom is -0.0227 e. The maximum absolute atomic E-state index is 2.59. The quantitative estimate of drug-likeness (QED) is 0.558. The summed E-state index contributed by atoms with van der Waals surface area (Å²) < 4.78 is 0. The lowest BCUT2D eigenvalue weighted by Gasteiger charge is -2.74. The van der Waals surface area contributed by atoms with E-state index in [0.29, 0.717) is 0 Å². The predicted molar refractivity (Wildman–Crippen MR) is 71.7 cm³/mol. The Morgan fingerprint density at radius 3 is 2.47 bits per heavy atom. The molecule has 7 atom stereocenters. The molecule has 4 saturated carbocycles. The number of rotatable bonds is 0. The lowest BCUT2D eigenvalue weighted by atomic mass is 9.31. The van der Waals surface area contributed by atoms with Crippen molar-refractivity contribution in [2.75, 3.05) is 0 Å². The molecule has 7 unspecified atom stereocenters. The fourth-order valence-electron chi connectivity index (χ4n) is 6.83. The number of hydrogen-bond acceptors (Lipinski definition) is 0. The molecule has 4 fully saturated rings. The monoisotopic (exact) mass is 232 g/mol. The van der Waals surface area contributed by atoms with Gasteiger partial charge >= 0.3 is 0 Å². The van der Waals surface area contributed by atoms with Gasteiger partial charge in [-0.3, -0.25) is 0 Å². The van der Waals surface area contributed by atoms with Crippen LogP contribution in [0, 0.1) is 40.4 Å². The molecular formula is C17H28. The van der Waals surface area contributed by atoms with Gasteiger partial charge in [-0.25, -0.2) is 0 Å². The Morgan fingerprint density at radius 2 is 1.82 bits per heavy atom. The van der Waals surface area contributed by atoms with E-state index in [0.717, 1.165) is 40.4 Å². The van der Waals surface area contributed by atoms with Crippen LogP contribution in [-0.4, -0.2) is 0 Å². The Morgan fingerprint density at radius 1 is 1.00 bits per heavy atom. The van der Waals surface area contributed by atoms with Gasteiger partial charge in [-0.2, -0.15) is 0 Å². The average Bonchev–Trinajstić information content (AvgIpc) is 2.66. The first-order valence-electron chi connectivity index (χ1n) is 8.06. The van der Waals surface area contributed by atoms with E-state index in [-0.39, 0.29) is 0 Å². The predicted octanol–water partition coefficient (Wildman–Crippen LogP) is 4.89. The summed E-state index contributed by atoms with van der Waals surface area (Å²) in [5, 5.41) is 0. The van der Waals surface area contributed by atoms with Crippen molar-refractivity contribution in [3.8, 4) is 0 Å². The van der Waals surface area contributed by atoms with E-state index in [4.69, 9.17) is 0 Å². The lowest BCUT2D eigenvalue weighted by Crippen LogP contribution is -2.67. The Labute approximate surface area is 107 Å². The van der Waals surface area contributed by atoms with Crippen LogP contribution in [0.15, 0.2) is 0 Å². The molecule has 1 spiro atoms. The smallest absolute Gasteiger partial charge is 0.0227 e. The van der Waals surface area contributed by atoms with E-state index in [1.165, 1.54) is 6.42 Å². The van der Waals surface area contributed by atoms with E-state index < -0.39 is 0 Å². The van der Waals surface area contributed by atoms with Gasteiger partial charge in [-0.05, 0) is 78.9 Å². The van der Waals surface area contributed by atoms with Gasteiger partial charge in [0.15, 0.2) is 0 Å². The molecule has 4 aliphatic rings. The third-order valence-corrected chi connectivity index (χ3v) is 7.88. The summed E-state index contributed by atoms with van der Waals surface area (Å²) in [4.78, 5) is 0. The second-order valence-corrected chi connectivity index (χ2v) is 8.43. The molecule has 0 bridgehead atoms. The van der Waals surface area contributed by atoms with Crippen LogP contribution < -0.4 is 0 Å². The second kappa shape index (κ2) is 3.11. The second-order valence-electron chi connectivity index (χ2n) is 8.43. The van der Waals surface area contributed by atoms with Crippen molar-refractivity contribution in [2.24, 2.45) is 40.4 Å². The van der Waals surface area contributed by atoms with Gasteiger partial charge in [-0.15, -0.1) is 0 Å². The Balaban J connectivity index is 1.58. The zero-order valence-corrected chi connectivity index (χ0v) is 11.8. The van der Waals surface area contributed by atoms with Gasteiger partial charge in [0.1, 0.15) is 0 Å². The maximum atomic E-state index is 2.59. The average molecular weight is 232 g/mol. The molecule has 17 heavy (non-hydrogen) atoms. The van der Waals surface area contributed by atoms with Gasteiger partial charge in [0, 0.05) is 0 Å². The third-order valence-electron chi connectivity index (χ3n) is 7.88. The van der Waals surface area contributed by atoms with Crippen molar-refractivity contribution >= 4 is 0 Å². The zero-order chi connectivity index (χ0) is 11.8. The molecule has 0 aromatic carbocycles. The van der Waals surface area contributed by atoms with Crippen molar-refractivity contribution in [1.29, 1.82) is 0 Å². The molecule has 4 rings (SSSR count). The fourth-order valence-corrected chi connectivity index (χ4v) is 6.83. The zero-order valence-electron chi connectivity index (χ0n) is 11.8. The highest BCUT2D eigenvalue weighted by Crippen LogP contribution is 2.80. The lowest BCUT2D eigenvalue weighted by molar-refractivity contribution is -0.252. The molecule has 0 saturated heterocycles. The molecule has 0 aliphatic heterocycles. The van der Waals surface area contributed by atoms with E-state index in [1.54, 1.807) is 38.5 Å². The SMILES string of the molecule is CC1CCC2C(CCC23CC2(C)C(C)CC23)C1. The van der Waals surface area contributed by atoms with E-state index >= 15 is 0 Å². The minimum atomic E-state index is 0.776. The highest BCUT2D eigenvalue weighted by Gasteiger charge is 2.72. The first-order valence-corrected chi connectivity index (χ1v) is 8.06. The number of hydrogen-bond donors (Lipinski definition) is 0. The van der Waals surface area contributed by atoms with Gasteiger partial charge in [-0.1, -0.05) is 27.2 Å². The summed E-state index contributed by atoms with van der Waals surface area (Å²) >= 11 is 0. The molecule has 0 aromatic rings. The highest BCUT2D eigenvalue weighted by atomic mass is 14.8. The van der Waals surface area contributed by atoms with Gasteiger partial charge in [0.25, 0.3) is 0 Å². The van der Waals surface area contributed by atoms with E-state index in [9.17, 15) is 0 Å². The van der Waals surface area contributed by atoms with Crippen molar-refractivity contribution in [3.05, 3.63) is 0 Å². The molecular weight excluding hydrogens is 204 g/mol. The van der Waals surface area contributed by atoms with Crippen molar-refractivity contribution in [1.82, 2.24) is 0 Å². The van der Waals surface area contributed by atoms with Crippen LogP contribution in [0.5, 0.6) is 0 Å². The normalized spacial score (nSPS) is 64.8. The molecule has 4 aliphatic carbocycles. The first kappa shape index (κ1) is 10.9. The van der Waals surface area contributed by atoms with Crippen LogP contribution in [0.25, 0.3) is 0 Å². The van der Waals surface area contributed by atoms with Crippen molar-refractivity contribution in [2.45, 2.75) is 65.7 Å². The summed E-state index contributed by atoms with van der Waals surface area (Å²) in [7, 11) is 0. The summed E-state index contributed by atoms with van der Waals surface area (Å²) in [6.45, 7) is 7.58. The summed E-state index contributed by atoms with van der Waals surface area (Å²) in [6.07, 6.45) is 11.0. The molecule has 0 heterocycles. The topological polar surface area (TPSA) is 0 Å². The van der Waals surface area contributed by atoms with Crippen LogP contribution in [-0.2, 0) is 0 Å². The summed E-state index contributed by atoms with van der Waals surface area (Å²) in [5.74, 6) is 5.45. The van der Waals surface area contributed by atoms with Crippen LogP contribution in [0.1, 0.15) is 65.7 Å². The molecule has 0 aromatic heterocycles. The van der Waals surface area contributed by atoms with Crippen LogP contribution >= 0.6 is 0 Å². The molecule has 0 amide bonds. The Hall–Kier alpha value is 0. The van der Waals surface area contributed by atoms with E-state index in [1.807, 2.05) is 0 Å². The Kier molecular flexibility index (Phi) is 1.99. The van der Waals surface area contributed by atoms with Gasteiger partial charge in [0.05, 0.1) is 0 Å². The largest absolute Gasteiger partial charge is 0.0625 e. The molecule has 96 valence electrons. The molecule has 0 heteroatoms. The molecule has 0 radical (unpaired) electrons.